The minimum atomic E-state index is -0.732. The Kier molecular flexibility index (Phi) is 5.81. The highest BCUT2D eigenvalue weighted by Gasteiger charge is 2.33. The van der Waals surface area contributed by atoms with Gasteiger partial charge in [-0.3, -0.25) is 0 Å². The third-order valence-electron chi connectivity index (χ3n) is 4.00. The summed E-state index contributed by atoms with van der Waals surface area (Å²) in [6.07, 6.45) is 3.06. The fourth-order valence-corrected chi connectivity index (χ4v) is 2.85. The van der Waals surface area contributed by atoms with Crippen molar-refractivity contribution in [2.45, 2.75) is 58.2 Å². The summed E-state index contributed by atoms with van der Waals surface area (Å²) >= 11 is 0. The van der Waals surface area contributed by atoms with Crippen LogP contribution >= 0.6 is 0 Å². The average molecular weight is 287 g/mol. The Labute approximate surface area is 122 Å². The van der Waals surface area contributed by atoms with Crippen molar-refractivity contribution in [3.8, 4) is 0 Å². The first-order valence-electron chi connectivity index (χ1n) is 7.80. The Balaban J connectivity index is 1.64. The molecule has 0 radical (unpaired) electrons. The largest absolute Gasteiger partial charge is 0.368 e. The molecular formula is C15H29NO4. The standard InChI is InChI=1S/C15H29NO4/c1-12(9-16-7-5-4-6-8-16)14(17)18-10-13-11-19-15(2,3)20-13/h12-14,17H,4-11H2,1-3H3. The summed E-state index contributed by atoms with van der Waals surface area (Å²) in [6, 6.07) is 0. The molecule has 2 fully saturated rings. The van der Waals surface area contributed by atoms with Crippen molar-refractivity contribution in [2.75, 3.05) is 32.8 Å². The Morgan fingerprint density at radius 3 is 2.60 bits per heavy atom. The number of ether oxygens (including phenoxy) is 3. The Morgan fingerprint density at radius 2 is 2.00 bits per heavy atom. The minimum Gasteiger partial charge on any atom is -0.368 e. The molecule has 0 aromatic carbocycles. The van der Waals surface area contributed by atoms with Crippen molar-refractivity contribution >= 4 is 0 Å². The topological polar surface area (TPSA) is 51.2 Å². The number of rotatable bonds is 6. The van der Waals surface area contributed by atoms with Crippen molar-refractivity contribution in [1.29, 1.82) is 0 Å². The molecule has 20 heavy (non-hydrogen) atoms. The number of piperidine rings is 1. The first-order valence-corrected chi connectivity index (χ1v) is 7.80. The lowest BCUT2D eigenvalue weighted by atomic mass is 10.1. The quantitative estimate of drug-likeness (QED) is 0.752. The van der Waals surface area contributed by atoms with Crippen LogP contribution in [0.15, 0.2) is 0 Å². The highest BCUT2D eigenvalue weighted by molar-refractivity contribution is 4.72. The number of likely N-dealkylation sites (tertiary alicyclic amines) is 1. The maximum atomic E-state index is 10.1. The molecule has 5 heteroatoms. The van der Waals surface area contributed by atoms with Gasteiger partial charge in [0.2, 0.25) is 0 Å². The van der Waals surface area contributed by atoms with Crippen molar-refractivity contribution in [2.24, 2.45) is 5.92 Å². The SMILES string of the molecule is CC(CN1CCCCC1)C(O)OCC1COC(C)(C)O1. The van der Waals surface area contributed by atoms with Gasteiger partial charge in [-0.25, -0.2) is 0 Å². The lowest BCUT2D eigenvalue weighted by Crippen LogP contribution is -2.38. The average Bonchev–Trinajstić information content (AvgIpc) is 2.76. The number of hydrogen-bond donors (Lipinski definition) is 1. The van der Waals surface area contributed by atoms with E-state index >= 15 is 0 Å². The van der Waals surface area contributed by atoms with Gasteiger partial charge >= 0.3 is 0 Å². The zero-order valence-corrected chi connectivity index (χ0v) is 13.0. The number of aliphatic hydroxyl groups is 1. The molecule has 2 aliphatic rings. The van der Waals surface area contributed by atoms with Crippen LogP contribution in [0.1, 0.15) is 40.0 Å². The van der Waals surface area contributed by atoms with Gasteiger partial charge in [0.05, 0.1) is 13.2 Å². The van der Waals surface area contributed by atoms with Crippen LogP contribution in [-0.4, -0.2) is 61.0 Å². The zero-order valence-electron chi connectivity index (χ0n) is 13.0. The van der Waals surface area contributed by atoms with E-state index in [-0.39, 0.29) is 12.0 Å². The van der Waals surface area contributed by atoms with Gasteiger partial charge in [0, 0.05) is 12.5 Å². The first kappa shape index (κ1) is 16.2. The fourth-order valence-electron chi connectivity index (χ4n) is 2.85. The molecule has 0 aromatic heterocycles. The maximum absolute atomic E-state index is 10.1. The molecule has 118 valence electrons. The highest BCUT2D eigenvalue weighted by Crippen LogP contribution is 2.23. The van der Waals surface area contributed by atoms with E-state index in [1.165, 1.54) is 19.3 Å². The number of nitrogens with zero attached hydrogens (tertiary/aromatic N) is 1. The molecule has 0 aromatic rings. The van der Waals surface area contributed by atoms with E-state index in [2.05, 4.69) is 4.90 Å². The van der Waals surface area contributed by atoms with Crippen LogP contribution in [0.25, 0.3) is 0 Å². The van der Waals surface area contributed by atoms with Gasteiger partial charge in [-0.15, -0.1) is 0 Å². The first-order chi connectivity index (χ1) is 9.46. The van der Waals surface area contributed by atoms with E-state index in [4.69, 9.17) is 14.2 Å². The Morgan fingerprint density at radius 1 is 1.30 bits per heavy atom. The van der Waals surface area contributed by atoms with E-state index in [1.54, 1.807) is 0 Å². The van der Waals surface area contributed by atoms with Crippen LogP contribution in [0, 0.1) is 5.92 Å². The van der Waals surface area contributed by atoms with Crippen LogP contribution in [0.5, 0.6) is 0 Å². The molecule has 0 bridgehead atoms. The predicted molar refractivity (Wildman–Crippen MR) is 76.3 cm³/mol. The van der Waals surface area contributed by atoms with Crippen molar-refractivity contribution in [3.05, 3.63) is 0 Å². The molecule has 3 atom stereocenters. The van der Waals surface area contributed by atoms with E-state index < -0.39 is 12.1 Å². The molecule has 0 spiro atoms. The van der Waals surface area contributed by atoms with Crippen molar-refractivity contribution < 1.29 is 19.3 Å². The lowest BCUT2D eigenvalue weighted by molar-refractivity contribution is -0.176. The summed E-state index contributed by atoms with van der Waals surface area (Å²) in [5.41, 5.74) is 0. The summed E-state index contributed by atoms with van der Waals surface area (Å²) in [5.74, 6) is -0.415. The van der Waals surface area contributed by atoms with Gasteiger partial charge in [0.25, 0.3) is 0 Å². The Bertz CT molecular complexity index is 292. The normalized spacial score (nSPS) is 30.3. The van der Waals surface area contributed by atoms with Gasteiger partial charge in [0.15, 0.2) is 12.1 Å². The summed E-state index contributed by atoms with van der Waals surface area (Å²) < 4.78 is 16.7. The van der Waals surface area contributed by atoms with Gasteiger partial charge in [-0.2, -0.15) is 0 Å². The van der Waals surface area contributed by atoms with E-state index in [1.807, 2.05) is 20.8 Å². The van der Waals surface area contributed by atoms with E-state index in [9.17, 15) is 5.11 Å². The van der Waals surface area contributed by atoms with Crippen LogP contribution in [-0.2, 0) is 14.2 Å². The lowest BCUT2D eigenvalue weighted by Gasteiger charge is -2.31. The Hall–Kier alpha value is -0.200. The molecular weight excluding hydrogens is 258 g/mol. The van der Waals surface area contributed by atoms with Gasteiger partial charge in [0.1, 0.15) is 6.10 Å². The van der Waals surface area contributed by atoms with Crippen molar-refractivity contribution in [1.82, 2.24) is 4.90 Å². The number of aliphatic hydroxyl groups excluding tert-OH is 1. The van der Waals surface area contributed by atoms with Gasteiger partial charge < -0.3 is 24.2 Å². The third-order valence-corrected chi connectivity index (χ3v) is 4.00. The molecule has 0 amide bonds. The summed E-state index contributed by atoms with van der Waals surface area (Å²) in [6.45, 7) is 9.92. The number of hydrogen-bond acceptors (Lipinski definition) is 5. The molecule has 2 saturated heterocycles. The van der Waals surface area contributed by atoms with E-state index in [0.717, 1.165) is 19.6 Å². The monoisotopic (exact) mass is 287 g/mol. The minimum absolute atomic E-state index is 0.0816. The van der Waals surface area contributed by atoms with Crippen LogP contribution in [0.2, 0.25) is 0 Å². The van der Waals surface area contributed by atoms with Crippen LogP contribution < -0.4 is 0 Å². The van der Waals surface area contributed by atoms with Crippen molar-refractivity contribution in [3.63, 3.8) is 0 Å². The third kappa shape index (κ3) is 4.97. The molecule has 2 rings (SSSR count). The summed E-state index contributed by atoms with van der Waals surface area (Å²) in [7, 11) is 0. The highest BCUT2D eigenvalue weighted by atomic mass is 16.8. The molecule has 0 saturated carbocycles. The molecule has 5 nitrogen and oxygen atoms in total. The molecule has 0 aliphatic carbocycles. The second-order valence-electron chi connectivity index (χ2n) is 6.51. The molecule has 1 N–H and O–H groups in total. The van der Waals surface area contributed by atoms with Crippen LogP contribution in [0.4, 0.5) is 0 Å². The van der Waals surface area contributed by atoms with Gasteiger partial charge in [-0.05, 0) is 39.8 Å². The van der Waals surface area contributed by atoms with Gasteiger partial charge in [-0.1, -0.05) is 13.3 Å². The zero-order chi connectivity index (χ0) is 14.6. The molecule has 2 aliphatic heterocycles. The van der Waals surface area contributed by atoms with Crippen LogP contribution in [0.3, 0.4) is 0 Å². The summed E-state index contributed by atoms with van der Waals surface area (Å²) in [4.78, 5) is 2.42. The maximum Gasteiger partial charge on any atom is 0.163 e. The summed E-state index contributed by atoms with van der Waals surface area (Å²) in [5, 5.41) is 10.1. The second kappa shape index (κ2) is 7.18. The molecule has 2 heterocycles. The fraction of sp³-hybridized carbons (Fsp3) is 1.00. The molecule has 3 unspecified atom stereocenters. The smallest absolute Gasteiger partial charge is 0.163 e. The second-order valence-corrected chi connectivity index (χ2v) is 6.51. The predicted octanol–water partition coefficient (Wildman–Crippen LogP) is 1.59. The van der Waals surface area contributed by atoms with E-state index in [0.29, 0.717) is 13.2 Å².